The maximum atomic E-state index is 13.1. The largest absolute Gasteiger partial charge is 0.497 e. The predicted octanol–water partition coefficient (Wildman–Crippen LogP) is 1.66. The summed E-state index contributed by atoms with van der Waals surface area (Å²) in [4.78, 5) is 38.2. The molecule has 1 aliphatic rings. The summed E-state index contributed by atoms with van der Waals surface area (Å²) in [7, 11) is 1.57. The van der Waals surface area contributed by atoms with E-state index in [1.165, 1.54) is 12.1 Å². The zero-order valence-electron chi connectivity index (χ0n) is 16.7. The van der Waals surface area contributed by atoms with Gasteiger partial charge >= 0.3 is 0 Å². The molecular weight excluding hydrogens is 389 g/mol. The van der Waals surface area contributed by atoms with Crippen LogP contribution in [0.3, 0.4) is 0 Å². The van der Waals surface area contributed by atoms with Gasteiger partial charge in [0.05, 0.1) is 19.4 Å². The second-order valence-electron chi connectivity index (χ2n) is 7.05. The number of hydrogen-bond acceptors (Lipinski definition) is 4. The summed E-state index contributed by atoms with van der Waals surface area (Å²) in [5, 5.41) is 5.44. The van der Waals surface area contributed by atoms with E-state index < -0.39 is 5.92 Å². The molecule has 0 bridgehead atoms. The molecule has 0 radical (unpaired) electrons. The zero-order valence-corrected chi connectivity index (χ0v) is 16.7. The van der Waals surface area contributed by atoms with Crippen molar-refractivity contribution < 1.29 is 23.5 Å². The number of anilines is 1. The van der Waals surface area contributed by atoms with Crippen LogP contribution in [0.15, 0.2) is 48.5 Å². The molecule has 0 saturated carbocycles. The minimum Gasteiger partial charge on any atom is -0.497 e. The van der Waals surface area contributed by atoms with Gasteiger partial charge in [0.2, 0.25) is 17.7 Å². The molecule has 1 aliphatic heterocycles. The van der Waals surface area contributed by atoms with E-state index in [0.29, 0.717) is 17.9 Å². The Labute approximate surface area is 174 Å². The molecule has 0 spiro atoms. The Bertz CT molecular complexity index is 917. The fraction of sp³-hybridized carbons (Fsp3) is 0.318. The van der Waals surface area contributed by atoms with Gasteiger partial charge in [-0.05, 0) is 42.0 Å². The first kappa shape index (κ1) is 21.3. The van der Waals surface area contributed by atoms with E-state index in [2.05, 4.69) is 10.6 Å². The SMILES string of the molecule is COc1ccc(N2CC(C(=O)NCCNC(=O)Cc3cccc(F)c3)CC2=O)cc1. The number of benzene rings is 2. The van der Waals surface area contributed by atoms with Crippen LogP contribution in [0.2, 0.25) is 0 Å². The van der Waals surface area contributed by atoms with Crippen molar-refractivity contribution in [1.29, 1.82) is 0 Å². The van der Waals surface area contributed by atoms with Gasteiger partial charge in [0.1, 0.15) is 11.6 Å². The van der Waals surface area contributed by atoms with E-state index >= 15 is 0 Å². The molecule has 1 fully saturated rings. The number of halogens is 1. The first-order chi connectivity index (χ1) is 14.5. The summed E-state index contributed by atoms with van der Waals surface area (Å²) in [5.74, 6) is -0.719. The van der Waals surface area contributed by atoms with Crippen LogP contribution in [0.5, 0.6) is 5.75 Å². The number of amides is 3. The van der Waals surface area contributed by atoms with Crippen LogP contribution >= 0.6 is 0 Å². The highest BCUT2D eigenvalue weighted by atomic mass is 19.1. The fourth-order valence-corrected chi connectivity index (χ4v) is 3.32. The average molecular weight is 413 g/mol. The number of hydrogen-bond donors (Lipinski definition) is 2. The molecule has 0 aromatic heterocycles. The van der Waals surface area contributed by atoms with E-state index in [-0.39, 0.29) is 49.5 Å². The van der Waals surface area contributed by atoms with Gasteiger partial charge in [0, 0.05) is 31.7 Å². The quantitative estimate of drug-likeness (QED) is 0.645. The van der Waals surface area contributed by atoms with E-state index in [1.54, 1.807) is 48.4 Å². The molecule has 2 aromatic carbocycles. The van der Waals surface area contributed by atoms with Crippen molar-refractivity contribution in [1.82, 2.24) is 10.6 Å². The van der Waals surface area contributed by atoms with Gasteiger partial charge in [0.25, 0.3) is 0 Å². The van der Waals surface area contributed by atoms with Crippen molar-refractivity contribution >= 4 is 23.4 Å². The second kappa shape index (κ2) is 9.87. The number of ether oxygens (including phenoxy) is 1. The standard InChI is InChI=1S/C22H24FN3O4/c1-30-19-7-5-18(6-8-19)26-14-16(13-21(26)28)22(29)25-10-9-24-20(27)12-15-3-2-4-17(23)11-15/h2-8,11,16H,9-10,12-14H2,1H3,(H,24,27)(H,25,29). The van der Waals surface area contributed by atoms with Crippen LogP contribution in [0, 0.1) is 11.7 Å². The average Bonchev–Trinajstić information content (AvgIpc) is 3.13. The van der Waals surface area contributed by atoms with Crippen molar-refractivity contribution in [3.05, 3.63) is 59.9 Å². The molecule has 1 heterocycles. The molecule has 1 unspecified atom stereocenters. The number of nitrogens with one attached hydrogen (secondary N) is 2. The Hall–Kier alpha value is -3.42. The summed E-state index contributed by atoms with van der Waals surface area (Å²) in [6.45, 7) is 0.812. The van der Waals surface area contributed by atoms with Gasteiger partial charge in [-0.2, -0.15) is 0 Å². The number of carbonyl (C=O) groups is 3. The molecule has 1 saturated heterocycles. The third kappa shape index (κ3) is 5.56. The Morgan fingerprint density at radius 2 is 1.87 bits per heavy atom. The first-order valence-electron chi connectivity index (χ1n) is 9.69. The lowest BCUT2D eigenvalue weighted by Gasteiger charge is -2.17. The third-order valence-corrected chi connectivity index (χ3v) is 4.88. The van der Waals surface area contributed by atoms with E-state index in [9.17, 15) is 18.8 Å². The Morgan fingerprint density at radius 3 is 2.57 bits per heavy atom. The third-order valence-electron chi connectivity index (χ3n) is 4.88. The van der Waals surface area contributed by atoms with Crippen molar-refractivity contribution in [2.24, 2.45) is 5.92 Å². The molecule has 2 N–H and O–H groups in total. The zero-order chi connectivity index (χ0) is 21.5. The van der Waals surface area contributed by atoms with Gasteiger partial charge < -0.3 is 20.3 Å². The predicted molar refractivity (Wildman–Crippen MR) is 110 cm³/mol. The van der Waals surface area contributed by atoms with Crippen LogP contribution in [-0.4, -0.2) is 44.5 Å². The highest BCUT2D eigenvalue weighted by Gasteiger charge is 2.34. The maximum absolute atomic E-state index is 13.1. The normalized spacial score (nSPS) is 15.7. The van der Waals surface area contributed by atoms with Crippen molar-refractivity contribution in [2.75, 3.05) is 31.6 Å². The van der Waals surface area contributed by atoms with Crippen LogP contribution in [0.4, 0.5) is 10.1 Å². The van der Waals surface area contributed by atoms with Gasteiger partial charge in [-0.1, -0.05) is 12.1 Å². The molecule has 1 atom stereocenters. The van der Waals surface area contributed by atoms with Gasteiger partial charge in [-0.3, -0.25) is 14.4 Å². The number of methoxy groups -OCH3 is 1. The topological polar surface area (TPSA) is 87.7 Å². The van der Waals surface area contributed by atoms with Crippen LogP contribution in [0.25, 0.3) is 0 Å². The smallest absolute Gasteiger partial charge is 0.227 e. The van der Waals surface area contributed by atoms with Gasteiger partial charge in [-0.25, -0.2) is 4.39 Å². The van der Waals surface area contributed by atoms with Crippen molar-refractivity contribution in [3.8, 4) is 5.75 Å². The molecule has 0 aliphatic carbocycles. The lowest BCUT2D eigenvalue weighted by atomic mass is 10.1. The fourth-order valence-electron chi connectivity index (χ4n) is 3.32. The second-order valence-corrected chi connectivity index (χ2v) is 7.05. The van der Waals surface area contributed by atoms with Gasteiger partial charge in [-0.15, -0.1) is 0 Å². The first-order valence-corrected chi connectivity index (χ1v) is 9.69. The minimum absolute atomic E-state index is 0.0691. The summed E-state index contributed by atoms with van der Waals surface area (Å²) in [5.41, 5.74) is 1.31. The lowest BCUT2D eigenvalue weighted by molar-refractivity contribution is -0.126. The monoisotopic (exact) mass is 413 g/mol. The summed E-state index contributed by atoms with van der Waals surface area (Å²) in [6, 6.07) is 13.0. The minimum atomic E-state index is -0.442. The van der Waals surface area contributed by atoms with E-state index in [4.69, 9.17) is 4.74 Å². The van der Waals surface area contributed by atoms with E-state index in [0.717, 1.165) is 5.69 Å². The molecule has 30 heavy (non-hydrogen) atoms. The highest BCUT2D eigenvalue weighted by molar-refractivity contribution is 6.00. The van der Waals surface area contributed by atoms with Crippen LogP contribution in [-0.2, 0) is 20.8 Å². The Balaban J connectivity index is 1.40. The molecule has 8 heteroatoms. The van der Waals surface area contributed by atoms with Gasteiger partial charge in [0.15, 0.2) is 0 Å². The Morgan fingerprint density at radius 1 is 1.13 bits per heavy atom. The summed E-state index contributed by atoms with van der Waals surface area (Å²) < 4.78 is 18.3. The van der Waals surface area contributed by atoms with Crippen LogP contribution in [0.1, 0.15) is 12.0 Å². The molecule has 2 aromatic rings. The molecule has 7 nitrogen and oxygen atoms in total. The van der Waals surface area contributed by atoms with Crippen molar-refractivity contribution in [3.63, 3.8) is 0 Å². The lowest BCUT2D eigenvalue weighted by Crippen LogP contribution is -2.38. The van der Waals surface area contributed by atoms with Crippen LogP contribution < -0.4 is 20.3 Å². The Kier molecular flexibility index (Phi) is 7.00. The number of rotatable bonds is 8. The number of nitrogens with zero attached hydrogens (tertiary/aromatic N) is 1. The molecular formula is C22H24FN3O4. The summed E-state index contributed by atoms with van der Waals surface area (Å²) >= 11 is 0. The highest BCUT2D eigenvalue weighted by Crippen LogP contribution is 2.26. The van der Waals surface area contributed by atoms with E-state index in [1.807, 2.05) is 0 Å². The molecule has 3 rings (SSSR count). The maximum Gasteiger partial charge on any atom is 0.227 e. The van der Waals surface area contributed by atoms with Crippen molar-refractivity contribution in [2.45, 2.75) is 12.8 Å². The summed E-state index contributed by atoms with van der Waals surface area (Å²) in [6.07, 6.45) is 0.212. The molecule has 3 amide bonds. The molecule has 158 valence electrons. The number of carbonyl (C=O) groups excluding carboxylic acids is 3.